The number of imidazole rings is 1. The number of guanidine groups is 1. The third kappa shape index (κ3) is 17.0. The van der Waals surface area contributed by atoms with E-state index in [1.165, 1.54) is 19.4 Å². The number of carbonyl (C=O) groups is 11. The zero-order valence-electron chi connectivity index (χ0n) is 46.1. The van der Waals surface area contributed by atoms with Crippen molar-refractivity contribution in [1.29, 1.82) is 5.41 Å². The van der Waals surface area contributed by atoms with Crippen LogP contribution in [0.2, 0.25) is 0 Å². The first-order chi connectivity index (χ1) is 40.2. The molecule has 84 heavy (non-hydrogen) atoms. The molecule has 11 atom stereocenters. The number of nitrogens with one attached hydrogen (secondary N) is 12. The number of carbonyl (C=O) groups excluding carboxylic acids is 10. The topological polar surface area (TPSA) is 440 Å². The Bertz CT molecular complexity index is 3080. The van der Waals surface area contributed by atoms with Crippen LogP contribution in [0.25, 0.3) is 10.9 Å². The Morgan fingerprint density at radius 3 is 2.05 bits per heavy atom. The molecule has 450 valence electrons. The van der Waals surface area contributed by atoms with E-state index in [2.05, 4.69) is 62.8 Å². The number of carboxylic acid groups (broad SMARTS) is 1. The number of aromatic nitrogens is 3. The lowest BCUT2D eigenvalue weighted by molar-refractivity contribution is -0.140. The van der Waals surface area contributed by atoms with Gasteiger partial charge in [0.1, 0.15) is 54.4 Å². The molecule has 2 saturated heterocycles. The molecule has 0 bridgehead atoms. The molecule has 0 radical (unpaired) electrons. The fraction of sp³-hybridized carbons (Fsp3) is 0.463. The van der Waals surface area contributed by atoms with E-state index in [4.69, 9.17) is 16.9 Å². The highest BCUT2D eigenvalue weighted by atomic mass is 33.1. The Labute approximate surface area is 490 Å². The van der Waals surface area contributed by atoms with Gasteiger partial charge in [-0.15, -0.1) is 0 Å². The predicted molar refractivity (Wildman–Crippen MR) is 309 cm³/mol. The Morgan fingerprint density at radius 1 is 0.762 bits per heavy atom. The van der Waals surface area contributed by atoms with Gasteiger partial charge in [0.25, 0.3) is 5.91 Å². The van der Waals surface area contributed by atoms with E-state index >= 15 is 0 Å². The fourth-order valence-corrected chi connectivity index (χ4v) is 12.2. The van der Waals surface area contributed by atoms with E-state index in [0.29, 0.717) is 35.0 Å². The molecule has 1 saturated carbocycles. The summed E-state index contributed by atoms with van der Waals surface area (Å²) in [6.07, 6.45) is 4.68. The van der Waals surface area contributed by atoms with Crippen molar-refractivity contribution in [2.45, 2.75) is 126 Å². The van der Waals surface area contributed by atoms with Crippen molar-refractivity contribution < 1.29 is 57.8 Å². The Balaban J connectivity index is 1.28. The summed E-state index contributed by atoms with van der Waals surface area (Å²) in [5, 5.41) is 42.4. The van der Waals surface area contributed by atoms with Crippen molar-refractivity contribution >= 4 is 104 Å². The van der Waals surface area contributed by atoms with Crippen LogP contribution in [0, 0.1) is 17.2 Å². The minimum atomic E-state index is -1.66. The van der Waals surface area contributed by atoms with Gasteiger partial charge in [-0.2, -0.15) is 0 Å². The van der Waals surface area contributed by atoms with E-state index < -0.39 is 131 Å². The van der Waals surface area contributed by atoms with Crippen LogP contribution >= 0.6 is 21.6 Å². The quantitative estimate of drug-likeness (QED) is 0.0170. The number of aliphatic carboxylic acids is 1. The van der Waals surface area contributed by atoms with Crippen molar-refractivity contribution in [2.75, 3.05) is 18.1 Å². The Kier molecular flexibility index (Phi) is 22.1. The fourth-order valence-electron chi connectivity index (χ4n) is 9.82. The number of hydrogen-bond donors (Lipinski definition) is 15. The number of imide groups is 1. The van der Waals surface area contributed by atoms with E-state index in [1.807, 2.05) is 13.0 Å². The number of unbranched alkanes of at least 4 members (excludes halogenated alkanes) is 1. The lowest BCUT2D eigenvalue weighted by Gasteiger charge is -2.29. The minimum absolute atomic E-state index is 0.00645. The number of benzene rings is 2. The van der Waals surface area contributed by atoms with Crippen LogP contribution in [0.15, 0.2) is 73.3 Å². The lowest BCUT2D eigenvalue weighted by atomic mass is 10.0. The largest absolute Gasteiger partial charge is 0.481 e. The number of urea groups is 1. The Hall–Kier alpha value is -8.67. The number of aromatic amines is 2. The molecule has 2 aromatic heterocycles. The van der Waals surface area contributed by atoms with E-state index in [0.717, 1.165) is 32.0 Å². The van der Waals surface area contributed by atoms with Gasteiger partial charge in [-0.1, -0.05) is 89.9 Å². The molecule has 3 fully saturated rings. The molecule has 2 aliphatic heterocycles. The molecule has 2 aromatic carbocycles. The molecular formula is C54H70N16O12S2. The predicted octanol–water partition coefficient (Wildman–Crippen LogP) is -1.32. The highest BCUT2D eigenvalue weighted by Gasteiger charge is 2.52. The molecule has 1 aliphatic carbocycles. The van der Waals surface area contributed by atoms with Crippen molar-refractivity contribution in [3.05, 3.63) is 90.1 Å². The number of rotatable bonds is 19. The smallest absolute Gasteiger partial charge is 0.325 e. The minimum Gasteiger partial charge on any atom is -0.481 e. The number of H-pyrrole nitrogens is 2. The molecule has 7 rings (SSSR count). The number of amides is 11. The maximum Gasteiger partial charge on any atom is 0.325 e. The zero-order valence-corrected chi connectivity index (χ0v) is 47.7. The Morgan fingerprint density at radius 2 is 1.40 bits per heavy atom. The van der Waals surface area contributed by atoms with Crippen LogP contribution in [0.1, 0.15) is 69.2 Å². The monoisotopic (exact) mass is 1200 g/mol. The van der Waals surface area contributed by atoms with Gasteiger partial charge in [0.15, 0.2) is 5.96 Å². The number of carboxylic acids is 1. The molecule has 0 spiro atoms. The highest BCUT2D eigenvalue weighted by molar-refractivity contribution is 8.76. The summed E-state index contributed by atoms with van der Waals surface area (Å²) >= 11 is 0. The number of fused-ring (bicyclic) bond motifs is 1. The summed E-state index contributed by atoms with van der Waals surface area (Å²) in [4.78, 5) is 166. The van der Waals surface area contributed by atoms with Crippen molar-refractivity contribution in [1.82, 2.24) is 67.7 Å². The molecule has 4 aromatic rings. The number of nitrogens with two attached hydrogens (primary N) is 2. The van der Waals surface area contributed by atoms with Crippen molar-refractivity contribution in [2.24, 2.45) is 23.3 Å². The average molecular weight is 1200 g/mol. The first kappa shape index (κ1) is 62.9. The maximum atomic E-state index is 14.8. The van der Waals surface area contributed by atoms with Gasteiger partial charge in [-0.3, -0.25) is 53.4 Å². The molecule has 3 aliphatic rings. The first-order valence-electron chi connectivity index (χ1n) is 27.4. The molecule has 28 nitrogen and oxygen atoms in total. The van der Waals surface area contributed by atoms with Gasteiger partial charge in [0.2, 0.25) is 47.3 Å². The number of primary amides is 1. The van der Waals surface area contributed by atoms with Crippen LogP contribution in [0.3, 0.4) is 0 Å². The van der Waals surface area contributed by atoms with Crippen molar-refractivity contribution in [3.8, 4) is 0 Å². The van der Waals surface area contributed by atoms with Crippen molar-refractivity contribution in [3.63, 3.8) is 0 Å². The molecular weight excluding hydrogens is 1130 g/mol. The second-order valence-electron chi connectivity index (χ2n) is 20.7. The SMILES string of the molecule is CCCC[C@@H](C(=O)N[C@H]1CSSC[C@@H](C(N)=O)NC(=O)[C@H](Cc2c[nH]c3ccccc23)NC(=O)[C@H](CCCNC(=N)N)NC(=O)[C@@H](Cc2ccccc2)NC(=O)[C@H](Cc2cnc[nH]2)NC(=O)[C@H](C2CC2C(=O)O)NC1=O)N1C(=O)N[C@@H](C)C1=O. The van der Waals surface area contributed by atoms with Crippen LogP contribution < -0.4 is 59.3 Å². The molecule has 17 N–H and O–H groups in total. The molecule has 30 heteroatoms. The summed E-state index contributed by atoms with van der Waals surface area (Å²) in [5.74, 6) is -12.5. The summed E-state index contributed by atoms with van der Waals surface area (Å²) < 4.78 is 0. The van der Waals surface area contributed by atoms with Gasteiger partial charge < -0.3 is 74.4 Å². The molecule has 11 amide bonds. The summed E-state index contributed by atoms with van der Waals surface area (Å²) in [6, 6.07) is 1.98. The van der Waals surface area contributed by atoms with Crippen LogP contribution in [-0.2, 0) is 67.2 Å². The second-order valence-corrected chi connectivity index (χ2v) is 23.3. The maximum absolute atomic E-state index is 14.8. The molecule has 4 heterocycles. The van der Waals surface area contributed by atoms with E-state index in [-0.39, 0.29) is 69.0 Å². The normalized spacial score (nSPS) is 25.4. The second kappa shape index (κ2) is 29.5. The summed E-state index contributed by atoms with van der Waals surface area (Å²) in [7, 11) is 1.87. The number of nitrogens with zero attached hydrogens (tertiary/aromatic N) is 2. The number of hydrogen-bond acceptors (Lipinski definition) is 15. The standard InChI is InChI=1S/C54H70N16O12S2/c1-3-4-16-41(70-51(79)27(2)62-54(70)82)49(77)68-40-25-84-83-24-39(43(55)71)67-46(74)37(19-29-22-60-34-14-9-8-13-31(29)34)65-44(72)35(15-10-17-59-53(56)57)63-45(73)36(18-28-11-6-5-7-12-28)64-47(75)38(20-30-23-58-26-61-30)66-50(78)42(69-48(40)76)32-21-33(32)52(80)81/h5-9,11-14,22-23,26-27,32-33,35-42,60H,3-4,10,15-21,24-25H2,1-2H3,(H2,55,71)(H,58,61)(H,62,82)(H,63,73)(H,64,75)(H,65,72)(H,66,78)(H,67,74)(H,68,77)(H,69,76)(H,80,81)(H4,56,57,59)/t27-,32?,33?,35-,36+,37-,38-,39-,40-,41-,42-/m0/s1. The van der Waals surface area contributed by atoms with Crippen LogP contribution in [0.4, 0.5) is 4.79 Å². The van der Waals surface area contributed by atoms with Crippen LogP contribution in [-0.4, -0.2) is 169 Å². The van der Waals surface area contributed by atoms with Gasteiger partial charge in [-0.25, -0.2) is 14.7 Å². The zero-order chi connectivity index (χ0) is 60.6. The summed E-state index contributed by atoms with van der Waals surface area (Å²) in [6.45, 7) is 3.37. The highest BCUT2D eigenvalue weighted by Crippen LogP contribution is 2.42. The third-order valence-corrected chi connectivity index (χ3v) is 16.9. The lowest BCUT2D eigenvalue weighted by Crippen LogP contribution is -2.61. The van der Waals surface area contributed by atoms with E-state index in [9.17, 15) is 57.8 Å². The van der Waals surface area contributed by atoms with E-state index in [1.54, 1.807) is 54.7 Å². The first-order valence-corrected chi connectivity index (χ1v) is 29.9. The molecule has 2 unspecified atom stereocenters. The van der Waals surface area contributed by atoms with Crippen LogP contribution in [0.5, 0.6) is 0 Å². The van der Waals surface area contributed by atoms with Gasteiger partial charge >= 0.3 is 12.0 Å². The number of para-hydroxylation sites is 1. The third-order valence-electron chi connectivity index (χ3n) is 14.5. The summed E-state index contributed by atoms with van der Waals surface area (Å²) in [5.41, 5.74) is 13.6. The van der Waals surface area contributed by atoms with Gasteiger partial charge in [-0.05, 0) is 49.8 Å². The van der Waals surface area contributed by atoms with Gasteiger partial charge in [0.05, 0.1) is 12.2 Å². The van der Waals surface area contributed by atoms with Gasteiger partial charge in [0, 0.05) is 72.2 Å². The average Bonchev–Trinajstić information content (AvgIpc) is 4.01.